The minimum Gasteiger partial charge on any atom is -0.346 e. The maximum atomic E-state index is 14.2. The van der Waals surface area contributed by atoms with Gasteiger partial charge >= 0.3 is 5.69 Å². The Kier molecular flexibility index (Phi) is 31.5. The van der Waals surface area contributed by atoms with Crippen molar-refractivity contribution in [2.24, 2.45) is 58.4 Å². The fraction of sp³-hybridized carbons (Fsp3) is 0.488. The van der Waals surface area contributed by atoms with Crippen molar-refractivity contribution in [3.8, 4) is 0 Å². The minimum absolute atomic E-state index is 0.00681. The molecule has 21 heteroatoms. The monoisotopic (exact) mass is 1410 g/mol. The van der Waals surface area contributed by atoms with Crippen LogP contribution in [0.1, 0.15) is 157 Å². The van der Waals surface area contributed by atoms with Gasteiger partial charge in [-0.1, -0.05) is 174 Å². The number of fused-ring (bicyclic) bond motifs is 2. The van der Waals surface area contributed by atoms with Gasteiger partial charge in [0.1, 0.15) is 0 Å². The number of carbonyl (C=O) groups excluding carboxylic acids is 8. The zero-order valence-corrected chi connectivity index (χ0v) is 60.7. The zero-order valence-electron chi connectivity index (χ0n) is 60.7. The van der Waals surface area contributed by atoms with Crippen LogP contribution in [0.2, 0.25) is 0 Å². The molecule has 9 rings (SSSR count). The predicted octanol–water partition coefficient (Wildman–Crippen LogP) is 9.03. The lowest BCUT2D eigenvalue weighted by atomic mass is 9.87. The summed E-state index contributed by atoms with van der Waals surface area (Å²) in [6.45, 7) is 11.0. The second kappa shape index (κ2) is 40.7. The van der Waals surface area contributed by atoms with Crippen molar-refractivity contribution < 1.29 is 38.4 Å². The molecule has 0 aliphatic carbocycles. The molecule has 1 fully saturated rings. The highest BCUT2D eigenvalue weighted by molar-refractivity contribution is 5.96. The second-order valence-corrected chi connectivity index (χ2v) is 29.1. The molecule has 12 N–H and O–H groups in total. The number of carbonyl (C=O) groups is 8. The van der Waals surface area contributed by atoms with Crippen molar-refractivity contribution in [2.45, 2.75) is 186 Å². The number of nitrogens with two attached hydrogens (primary N) is 4. The van der Waals surface area contributed by atoms with Crippen LogP contribution >= 0.6 is 0 Å². The third kappa shape index (κ3) is 24.6. The number of aromatic nitrogens is 4. The fourth-order valence-electron chi connectivity index (χ4n) is 14.3. The number of para-hydroxylation sites is 2. The number of rotatable bonds is 39. The van der Waals surface area contributed by atoms with Gasteiger partial charge in [0, 0.05) is 99.3 Å². The molecule has 103 heavy (non-hydrogen) atoms. The number of hydrogen-bond donors (Lipinski definition) is 8. The number of benzene rings is 5. The maximum Gasteiger partial charge on any atom is 0.326 e. The fourth-order valence-corrected chi connectivity index (χ4v) is 14.3. The molecular formula is C82H110N12O9. The molecule has 0 spiro atoms. The lowest BCUT2D eigenvalue weighted by Gasteiger charge is -2.35. The summed E-state index contributed by atoms with van der Waals surface area (Å²) in [4.78, 5) is 130. The zero-order chi connectivity index (χ0) is 73.8. The first-order valence-corrected chi connectivity index (χ1v) is 37.2. The van der Waals surface area contributed by atoms with Gasteiger partial charge in [-0.25, -0.2) is 4.79 Å². The number of nitrogens with zero attached hydrogens (tertiary/aromatic N) is 4. The van der Waals surface area contributed by atoms with Gasteiger partial charge in [0.15, 0.2) is 23.1 Å². The van der Waals surface area contributed by atoms with E-state index < -0.39 is 47.8 Å². The van der Waals surface area contributed by atoms with Crippen LogP contribution in [-0.2, 0) is 77.0 Å². The number of amides is 4. The highest BCUT2D eigenvalue weighted by Gasteiger charge is 2.37. The molecule has 2 aliphatic heterocycles. The third-order valence-electron chi connectivity index (χ3n) is 20.0. The number of piperidine rings is 1. The number of ketones is 4. The number of nitrogens with one attached hydrogen (secondary N) is 4. The van der Waals surface area contributed by atoms with Crippen molar-refractivity contribution in [3.63, 3.8) is 0 Å². The van der Waals surface area contributed by atoms with Gasteiger partial charge in [-0.15, -0.1) is 0 Å². The van der Waals surface area contributed by atoms with E-state index in [0.29, 0.717) is 116 Å². The molecule has 0 radical (unpaired) electrons. The molecule has 8 atom stereocenters. The van der Waals surface area contributed by atoms with E-state index in [0.717, 1.165) is 63.8 Å². The first-order valence-electron chi connectivity index (χ1n) is 37.2. The van der Waals surface area contributed by atoms with Gasteiger partial charge in [0.25, 0.3) is 0 Å². The molecule has 4 amide bonds. The number of imidazole rings is 1. The normalized spacial score (nSPS) is 15.6. The first-order chi connectivity index (χ1) is 49.7. The summed E-state index contributed by atoms with van der Waals surface area (Å²) in [5.74, 6) is -3.95. The Labute approximate surface area is 606 Å². The predicted molar refractivity (Wildman–Crippen MR) is 403 cm³/mol. The van der Waals surface area contributed by atoms with Crippen molar-refractivity contribution in [1.29, 1.82) is 0 Å². The summed E-state index contributed by atoms with van der Waals surface area (Å²) >= 11 is 0. The van der Waals surface area contributed by atoms with Crippen LogP contribution in [0.15, 0.2) is 157 Å². The number of Topliss-reactive ketones (excluding diaryl/α,β-unsaturated/α-hetero) is 4. The van der Waals surface area contributed by atoms with Crippen LogP contribution in [0.3, 0.4) is 0 Å². The summed E-state index contributed by atoms with van der Waals surface area (Å²) < 4.78 is 1.80. The summed E-state index contributed by atoms with van der Waals surface area (Å²) in [5, 5.41) is 13.2. The number of unbranched alkanes of at least 4 members (excludes halogenated alkanes) is 2. The van der Waals surface area contributed by atoms with E-state index in [9.17, 15) is 43.2 Å². The Morgan fingerprint density at radius 1 is 0.505 bits per heavy atom. The highest BCUT2D eigenvalue weighted by atomic mass is 16.2. The second-order valence-electron chi connectivity index (χ2n) is 29.1. The lowest BCUT2D eigenvalue weighted by molar-refractivity contribution is -0.140. The summed E-state index contributed by atoms with van der Waals surface area (Å²) in [5.41, 5.74) is 31.5. The minimum atomic E-state index is -0.817. The van der Waals surface area contributed by atoms with Crippen LogP contribution in [0.5, 0.6) is 0 Å². The van der Waals surface area contributed by atoms with E-state index in [1.54, 1.807) is 10.8 Å². The van der Waals surface area contributed by atoms with Gasteiger partial charge in [-0.2, -0.15) is 5.10 Å². The van der Waals surface area contributed by atoms with Crippen molar-refractivity contribution in [1.82, 2.24) is 40.2 Å². The van der Waals surface area contributed by atoms with E-state index in [4.69, 9.17) is 22.9 Å². The van der Waals surface area contributed by atoms with E-state index in [-0.39, 0.29) is 96.0 Å². The Hall–Kier alpha value is -9.02. The third-order valence-corrected chi connectivity index (χ3v) is 20.0. The molecule has 7 aromatic rings. The van der Waals surface area contributed by atoms with Gasteiger partial charge in [0.2, 0.25) is 23.6 Å². The van der Waals surface area contributed by atoms with Crippen molar-refractivity contribution in [3.05, 3.63) is 196 Å². The van der Waals surface area contributed by atoms with Crippen LogP contribution < -0.4 is 39.3 Å². The van der Waals surface area contributed by atoms with Gasteiger partial charge in [-0.3, -0.25) is 48.0 Å². The number of hydrogen-bond acceptors (Lipinski definition) is 14. The van der Waals surface area contributed by atoms with Gasteiger partial charge < -0.3 is 48.4 Å². The van der Waals surface area contributed by atoms with E-state index in [1.165, 1.54) is 0 Å². The molecule has 552 valence electrons. The van der Waals surface area contributed by atoms with Crippen LogP contribution in [-0.4, -0.2) is 133 Å². The molecule has 21 nitrogen and oxygen atoms in total. The molecule has 2 aromatic heterocycles. The Balaban J connectivity index is 0.000000264. The van der Waals surface area contributed by atoms with E-state index in [2.05, 4.69) is 25.8 Å². The molecule has 5 aromatic carbocycles. The number of likely N-dealkylation sites (tertiary alicyclic amines) is 1. The number of aromatic amines is 2. The average Bonchev–Trinajstić information content (AvgIpc) is 1.65. The molecule has 0 bridgehead atoms. The smallest absolute Gasteiger partial charge is 0.326 e. The summed E-state index contributed by atoms with van der Waals surface area (Å²) in [7, 11) is 0. The average molecular weight is 1410 g/mol. The highest BCUT2D eigenvalue weighted by Crippen LogP contribution is 2.30. The molecule has 0 saturated carbocycles. The number of H-pyrrole nitrogens is 2. The Bertz CT molecular complexity index is 3890. The quantitative estimate of drug-likeness (QED) is 0.0167. The lowest BCUT2D eigenvalue weighted by Crippen LogP contribution is -2.48. The molecule has 2 aliphatic rings. The standard InChI is InChI=1S/C44H58N6O5.C38H52N6O4/c1-30(2)25-38(47-42(53)34(26-31-13-5-3-6-14-31)29-40(51)36(46)27-32-15-7-4-8-16-32)41(52)28-33(17-11-12-22-45)43(54)49-23-20-35(21-24-49)50-39-19-10-9-18-37(39)48-44(50)55;1-26(2)19-34(36(46)22-29(15-9-10-17-39)38(48)44-18-16-33-31(25-44)24-41-43-33)42-37(47)30(20-27-11-5-3-6-12-27)23-35(45)32(40)21-28-13-7-4-8-14-28/h3-10,13-16,18-19,30,33-36,38H,11-12,17,20-29,45-46H2,1-2H3,(H,47,53)(H,48,55);3-8,11-14,24,26,29-30,32,34H,9-10,15-23,25,39-40H2,1-2H3,(H,41,43)(H,42,47)/t33-,34-,36+,38+;29-,30-,32+,34+/m00/s1. The molecule has 1 saturated heterocycles. The molecular weight excluding hydrogens is 1300 g/mol. The van der Waals surface area contributed by atoms with Crippen molar-refractivity contribution in [2.75, 3.05) is 32.7 Å². The first kappa shape index (κ1) is 79.7. The Morgan fingerprint density at radius 2 is 0.913 bits per heavy atom. The van der Waals surface area contributed by atoms with Crippen LogP contribution in [0, 0.1) is 35.5 Å². The molecule has 0 unspecified atom stereocenters. The van der Waals surface area contributed by atoms with Crippen LogP contribution in [0.4, 0.5) is 0 Å². The topological polar surface area (TPSA) is 338 Å². The summed E-state index contributed by atoms with van der Waals surface area (Å²) in [6.07, 6.45) is 9.83. The maximum absolute atomic E-state index is 14.2. The summed E-state index contributed by atoms with van der Waals surface area (Å²) in [6, 6.07) is 42.7. The van der Waals surface area contributed by atoms with E-state index >= 15 is 0 Å². The van der Waals surface area contributed by atoms with Crippen molar-refractivity contribution >= 4 is 57.8 Å². The largest absolute Gasteiger partial charge is 0.346 e. The van der Waals surface area contributed by atoms with E-state index in [1.807, 2.05) is 183 Å². The van der Waals surface area contributed by atoms with Crippen LogP contribution in [0.25, 0.3) is 11.0 Å². The Morgan fingerprint density at radius 3 is 1.35 bits per heavy atom. The van der Waals surface area contributed by atoms with Gasteiger partial charge in [-0.05, 0) is 136 Å². The van der Waals surface area contributed by atoms with Gasteiger partial charge in [0.05, 0.1) is 41.4 Å². The SMILES string of the molecule is CC(C)C[C@@H](NC(=O)[C@H](CC(=O)[C@H](N)Cc1ccccc1)Cc1ccccc1)C(=O)C[C@H](CCCCN)C(=O)N1CCC(n2c(=O)[nH]c3ccccc32)CC1.CC(C)C[C@@H](NC(=O)[C@H](CC(=O)[C@H](N)Cc1ccccc1)Cc1ccccc1)C(=O)C[C@H](CCCCN)C(=O)N1CCc2[nH]ncc2C1. The molecule has 4 heterocycles.